The lowest BCUT2D eigenvalue weighted by Gasteiger charge is -2.16. The summed E-state index contributed by atoms with van der Waals surface area (Å²) in [5.74, 6) is -0.837. The van der Waals surface area contributed by atoms with Crippen molar-refractivity contribution in [3.8, 4) is 0 Å². The van der Waals surface area contributed by atoms with Crippen LogP contribution in [0, 0.1) is 11.6 Å². The standard InChI is InChI=1S/C17H20F3N5O/c18-9-2-1-7(5-10(9)19)8-6-12(8)23-17-15(21)16(24-25-17)22-11-3-4-13(26)14(11)20/h1-2,5,8,11-14,26H,3-4,6,21H2,(H3,22,23,24,25). The summed E-state index contributed by atoms with van der Waals surface area (Å²) in [6.07, 6.45) is -0.671. The Kier molecular flexibility index (Phi) is 4.18. The number of anilines is 3. The van der Waals surface area contributed by atoms with Crippen molar-refractivity contribution in [3.63, 3.8) is 0 Å². The van der Waals surface area contributed by atoms with Crippen LogP contribution in [0.25, 0.3) is 0 Å². The van der Waals surface area contributed by atoms with E-state index in [0.717, 1.165) is 18.1 Å². The number of halogens is 3. The lowest BCUT2D eigenvalue weighted by Crippen LogP contribution is -2.31. The molecule has 2 aliphatic rings. The molecule has 1 aromatic carbocycles. The topological polar surface area (TPSA) is 99.0 Å². The Morgan fingerprint density at radius 3 is 2.65 bits per heavy atom. The van der Waals surface area contributed by atoms with Gasteiger partial charge in [0.15, 0.2) is 17.5 Å². The Morgan fingerprint density at radius 1 is 1.15 bits per heavy atom. The summed E-state index contributed by atoms with van der Waals surface area (Å²) in [6.45, 7) is 0. The van der Waals surface area contributed by atoms with Crippen LogP contribution in [-0.4, -0.2) is 39.7 Å². The largest absolute Gasteiger partial charge is 0.393 e. The molecule has 140 valence electrons. The summed E-state index contributed by atoms with van der Waals surface area (Å²) >= 11 is 0. The van der Waals surface area contributed by atoms with Crippen LogP contribution in [0.5, 0.6) is 0 Å². The summed E-state index contributed by atoms with van der Waals surface area (Å²) in [4.78, 5) is 0. The summed E-state index contributed by atoms with van der Waals surface area (Å²) in [6, 6.07) is 3.39. The maximum atomic E-state index is 13.9. The van der Waals surface area contributed by atoms with Gasteiger partial charge in [0.2, 0.25) is 0 Å². The van der Waals surface area contributed by atoms with Crippen molar-refractivity contribution in [1.82, 2.24) is 10.2 Å². The van der Waals surface area contributed by atoms with Gasteiger partial charge in [-0.3, -0.25) is 5.10 Å². The fourth-order valence-electron chi connectivity index (χ4n) is 3.49. The predicted molar refractivity (Wildman–Crippen MR) is 91.7 cm³/mol. The Hall–Kier alpha value is -2.42. The van der Waals surface area contributed by atoms with Crippen LogP contribution in [0.3, 0.4) is 0 Å². The average Bonchev–Trinajstić information content (AvgIpc) is 3.22. The zero-order valence-electron chi connectivity index (χ0n) is 13.8. The third-order valence-electron chi connectivity index (χ3n) is 5.14. The van der Waals surface area contributed by atoms with Crippen molar-refractivity contribution in [3.05, 3.63) is 35.4 Å². The van der Waals surface area contributed by atoms with Gasteiger partial charge in [0.25, 0.3) is 0 Å². The minimum atomic E-state index is -1.36. The number of hydrogen-bond acceptors (Lipinski definition) is 5. The Bertz CT molecular complexity index is 814. The van der Waals surface area contributed by atoms with Gasteiger partial charge >= 0.3 is 0 Å². The van der Waals surface area contributed by atoms with Crippen molar-refractivity contribution in [2.24, 2.45) is 0 Å². The summed E-state index contributed by atoms with van der Waals surface area (Å²) in [5, 5.41) is 22.4. The van der Waals surface area contributed by atoms with Gasteiger partial charge in [-0.05, 0) is 37.0 Å². The average molecular weight is 367 g/mol. The Morgan fingerprint density at radius 2 is 1.96 bits per heavy atom. The number of aliphatic hydroxyl groups excluding tert-OH is 1. The molecule has 9 heteroatoms. The molecule has 5 unspecified atom stereocenters. The molecule has 4 rings (SSSR count). The quantitative estimate of drug-likeness (QED) is 0.559. The molecule has 0 aliphatic heterocycles. The highest BCUT2D eigenvalue weighted by atomic mass is 19.2. The number of nitrogens with zero attached hydrogens (tertiary/aromatic N) is 1. The Balaban J connectivity index is 1.39. The first kappa shape index (κ1) is 17.0. The molecule has 0 saturated heterocycles. The number of benzene rings is 1. The van der Waals surface area contributed by atoms with E-state index in [-0.39, 0.29) is 12.0 Å². The normalized spacial score (nSPS) is 30.4. The van der Waals surface area contributed by atoms with Gasteiger partial charge in [-0.1, -0.05) is 6.07 Å². The molecule has 1 aromatic heterocycles. The predicted octanol–water partition coefficient (Wildman–Crippen LogP) is 2.51. The summed E-state index contributed by atoms with van der Waals surface area (Å²) in [7, 11) is 0. The molecule has 5 atom stereocenters. The SMILES string of the molecule is Nc1c(NC2CCC(O)C2F)n[nH]c1NC1CC1c1ccc(F)c(F)c1. The van der Waals surface area contributed by atoms with E-state index in [0.29, 0.717) is 30.2 Å². The van der Waals surface area contributed by atoms with Gasteiger partial charge in [-0.15, -0.1) is 0 Å². The fourth-order valence-corrected chi connectivity index (χ4v) is 3.49. The van der Waals surface area contributed by atoms with Crippen LogP contribution in [0.1, 0.15) is 30.7 Å². The minimum Gasteiger partial charge on any atom is -0.393 e. The highest BCUT2D eigenvalue weighted by molar-refractivity contribution is 5.75. The van der Waals surface area contributed by atoms with E-state index in [1.54, 1.807) is 6.07 Å². The van der Waals surface area contributed by atoms with Crippen LogP contribution in [0.4, 0.5) is 30.5 Å². The molecule has 2 saturated carbocycles. The molecule has 2 aliphatic carbocycles. The third-order valence-corrected chi connectivity index (χ3v) is 5.14. The monoisotopic (exact) mass is 367 g/mol. The lowest BCUT2D eigenvalue weighted by atomic mass is 10.1. The molecule has 0 amide bonds. The van der Waals surface area contributed by atoms with Gasteiger partial charge in [-0.2, -0.15) is 5.10 Å². The number of aromatic amines is 1. The lowest BCUT2D eigenvalue weighted by molar-refractivity contribution is 0.0994. The number of nitrogen functional groups attached to an aromatic ring is 1. The van der Waals surface area contributed by atoms with E-state index in [4.69, 9.17) is 5.73 Å². The second kappa shape index (κ2) is 6.39. The van der Waals surface area contributed by atoms with Crippen LogP contribution < -0.4 is 16.4 Å². The van der Waals surface area contributed by atoms with E-state index < -0.39 is 30.0 Å². The molecule has 0 radical (unpaired) electrons. The first-order valence-electron chi connectivity index (χ1n) is 8.58. The van der Waals surface area contributed by atoms with Crippen LogP contribution in [0.15, 0.2) is 18.2 Å². The number of rotatable bonds is 5. The number of H-pyrrole nitrogens is 1. The molecule has 2 fully saturated rings. The molecule has 2 aromatic rings. The summed E-state index contributed by atoms with van der Waals surface area (Å²) in [5.41, 5.74) is 7.10. The highest BCUT2D eigenvalue weighted by Gasteiger charge is 2.40. The second-order valence-corrected chi connectivity index (χ2v) is 6.97. The molecule has 0 spiro atoms. The van der Waals surface area contributed by atoms with E-state index in [1.807, 2.05) is 0 Å². The summed E-state index contributed by atoms with van der Waals surface area (Å²) < 4.78 is 40.2. The first-order valence-corrected chi connectivity index (χ1v) is 8.58. The fraction of sp³-hybridized carbons (Fsp3) is 0.471. The molecular formula is C17H20F3N5O. The molecule has 26 heavy (non-hydrogen) atoms. The number of nitrogens with one attached hydrogen (secondary N) is 3. The maximum Gasteiger partial charge on any atom is 0.173 e. The smallest absolute Gasteiger partial charge is 0.173 e. The molecule has 6 nitrogen and oxygen atoms in total. The van der Waals surface area contributed by atoms with Gasteiger partial charge in [-0.25, -0.2) is 13.2 Å². The van der Waals surface area contributed by atoms with Crippen molar-refractivity contribution < 1.29 is 18.3 Å². The van der Waals surface area contributed by atoms with E-state index >= 15 is 0 Å². The van der Waals surface area contributed by atoms with E-state index in [9.17, 15) is 18.3 Å². The van der Waals surface area contributed by atoms with E-state index in [2.05, 4.69) is 20.8 Å². The second-order valence-electron chi connectivity index (χ2n) is 6.97. The number of aromatic nitrogens is 2. The minimum absolute atomic E-state index is 0.0256. The number of nitrogens with two attached hydrogens (primary N) is 1. The van der Waals surface area contributed by atoms with Crippen molar-refractivity contribution in [2.45, 2.75) is 49.5 Å². The van der Waals surface area contributed by atoms with Crippen LogP contribution >= 0.6 is 0 Å². The number of hydrogen-bond donors (Lipinski definition) is 5. The van der Waals surface area contributed by atoms with Gasteiger partial charge in [0.1, 0.15) is 17.7 Å². The van der Waals surface area contributed by atoms with Crippen LogP contribution in [-0.2, 0) is 0 Å². The van der Waals surface area contributed by atoms with Gasteiger partial charge < -0.3 is 21.5 Å². The molecular weight excluding hydrogens is 347 g/mol. The van der Waals surface area contributed by atoms with Gasteiger partial charge in [0, 0.05) is 12.0 Å². The Labute approximate surface area is 148 Å². The molecule has 0 bridgehead atoms. The molecule has 1 heterocycles. The van der Waals surface area contributed by atoms with E-state index in [1.165, 1.54) is 6.07 Å². The molecule has 6 N–H and O–H groups in total. The van der Waals surface area contributed by atoms with Gasteiger partial charge in [0.05, 0.1) is 12.1 Å². The maximum absolute atomic E-state index is 13.9. The zero-order chi connectivity index (χ0) is 18.4. The first-order chi connectivity index (χ1) is 12.4. The van der Waals surface area contributed by atoms with Crippen molar-refractivity contribution in [1.29, 1.82) is 0 Å². The number of alkyl halides is 1. The third kappa shape index (κ3) is 3.07. The van der Waals surface area contributed by atoms with Crippen molar-refractivity contribution in [2.75, 3.05) is 16.4 Å². The number of aliphatic hydroxyl groups is 1. The van der Waals surface area contributed by atoms with Crippen LogP contribution in [0.2, 0.25) is 0 Å². The zero-order valence-corrected chi connectivity index (χ0v) is 13.8. The highest BCUT2D eigenvalue weighted by Crippen LogP contribution is 2.44. The van der Waals surface area contributed by atoms with Crippen molar-refractivity contribution >= 4 is 17.3 Å².